The number of likely N-dealkylation sites (N-methyl/N-ethyl adjacent to an activating group) is 1. The summed E-state index contributed by atoms with van der Waals surface area (Å²) in [5.41, 5.74) is 1.60. The number of fused-ring (bicyclic) bond motifs is 1. The van der Waals surface area contributed by atoms with Gasteiger partial charge in [-0.05, 0) is 50.5 Å². The average molecular weight is 465 g/mol. The van der Waals surface area contributed by atoms with Gasteiger partial charge in [-0.2, -0.15) is 0 Å². The number of halogens is 2. The number of nitrogens with one attached hydrogen (secondary N) is 2. The fourth-order valence-electron chi connectivity index (χ4n) is 2.67. The topological polar surface area (TPSA) is 74.4 Å². The van der Waals surface area contributed by atoms with Gasteiger partial charge in [0.15, 0.2) is 0 Å². The van der Waals surface area contributed by atoms with Gasteiger partial charge in [-0.15, -0.1) is 0 Å². The number of benzene rings is 2. The van der Waals surface area contributed by atoms with E-state index in [2.05, 4.69) is 26.2 Å². The Balaban J connectivity index is 1.94. The predicted octanol–water partition coefficient (Wildman–Crippen LogP) is 4.55. The van der Waals surface area contributed by atoms with Crippen LogP contribution in [0.15, 0.2) is 46.9 Å². The maximum Gasteiger partial charge on any atom is 0.341 e. The highest BCUT2D eigenvalue weighted by molar-refractivity contribution is 9.10. The second-order valence-corrected chi connectivity index (χ2v) is 7.82. The lowest BCUT2D eigenvalue weighted by Crippen LogP contribution is -2.22. The molecule has 3 rings (SSSR count). The Labute approximate surface area is 175 Å². The van der Waals surface area contributed by atoms with E-state index >= 15 is 0 Å². The highest BCUT2D eigenvalue weighted by Crippen LogP contribution is 2.27. The first kappa shape index (κ1) is 20.4. The van der Waals surface area contributed by atoms with Crippen LogP contribution in [0.25, 0.3) is 10.9 Å². The molecule has 0 aliphatic carbocycles. The van der Waals surface area contributed by atoms with E-state index in [0.29, 0.717) is 28.2 Å². The molecule has 0 saturated heterocycles. The Morgan fingerprint density at radius 3 is 2.57 bits per heavy atom. The largest absolute Gasteiger partial charge is 0.461 e. The van der Waals surface area contributed by atoms with Gasteiger partial charge in [-0.3, -0.25) is 4.79 Å². The van der Waals surface area contributed by atoms with Crippen molar-refractivity contribution >= 4 is 56.0 Å². The molecular formula is C20H19BrClN3O3. The molecule has 8 heteroatoms. The summed E-state index contributed by atoms with van der Waals surface area (Å²) >= 11 is 9.29. The standard InChI is InChI=1S/C20H19BrClN3O3/c1-25(2)9-10-28-20(27)17-15-8-3-12(21)11-16(15)24-18(17)19(26)23-14-6-4-13(22)5-7-14/h3-8,11,24H,9-10H2,1-2H3,(H,23,26). The molecule has 0 spiro atoms. The third kappa shape index (κ3) is 4.73. The quantitative estimate of drug-likeness (QED) is 0.525. The van der Waals surface area contributed by atoms with Gasteiger partial charge in [0.1, 0.15) is 12.3 Å². The number of anilines is 1. The summed E-state index contributed by atoms with van der Waals surface area (Å²) in [5.74, 6) is -0.981. The van der Waals surface area contributed by atoms with Crippen molar-refractivity contribution in [2.45, 2.75) is 0 Å². The minimum atomic E-state index is -0.545. The Kier molecular flexibility index (Phi) is 6.39. The number of amides is 1. The minimum absolute atomic E-state index is 0.151. The smallest absolute Gasteiger partial charge is 0.341 e. The van der Waals surface area contributed by atoms with E-state index in [-0.39, 0.29) is 17.9 Å². The molecule has 1 aromatic heterocycles. The van der Waals surface area contributed by atoms with Gasteiger partial charge in [0.05, 0.1) is 5.56 Å². The molecule has 1 amide bonds. The highest BCUT2D eigenvalue weighted by Gasteiger charge is 2.24. The molecule has 0 aliphatic rings. The van der Waals surface area contributed by atoms with Gasteiger partial charge < -0.3 is 19.9 Å². The summed E-state index contributed by atoms with van der Waals surface area (Å²) in [6, 6.07) is 12.1. The van der Waals surface area contributed by atoms with Crippen molar-refractivity contribution in [3.05, 3.63) is 63.2 Å². The molecule has 0 unspecified atom stereocenters. The molecule has 0 aliphatic heterocycles. The Morgan fingerprint density at radius 1 is 1.18 bits per heavy atom. The first-order chi connectivity index (χ1) is 13.3. The third-order valence-electron chi connectivity index (χ3n) is 4.07. The average Bonchev–Trinajstić information content (AvgIpc) is 3.02. The van der Waals surface area contributed by atoms with Crippen LogP contribution in [-0.2, 0) is 4.74 Å². The maximum atomic E-state index is 12.9. The third-order valence-corrected chi connectivity index (χ3v) is 4.81. The molecule has 6 nitrogen and oxygen atoms in total. The van der Waals surface area contributed by atoms with Crippen molar-refractivity contribution < 1.29 is 14.3 Å². The normalized spacial score (nSPS) is 11.0. The first-order valence-corrected chi connectivity index (χ1v) is 9.72. The molecule has 28 heavy (non-hydrogen) atoms. The maximum absolute atomic E-state index is 12.9. The molecule has 2 aromatic carbocycles. The molecule has 3 aromatic rings. The van der Waals surface area contributed by atoms with Crippen LogP contribution in [0, 0.1) is 0 Å². The fraction of sp³-hybridized carbons (Fsp3) is 0.200. The summed E-state index contributed by atoms with van der Waals surface area (Å²) < 4.78 is 6.21. The Morgan fingerprint density at radius 2 is 1.89 bits per heavy atom. The fourth-order valence-corrected chi connectivity index (χ4v) is 3.16. The molecule has 0 atom stereocenters. The van der Waals surface area contributed by atoms with E-state index in [4.69, 9.17) is 16.3 Å². The SMILES string of the molecule is CN(C)CCOC(=O)c1c(C(=O)Nc2ccc(Cl)cc2)[nH]c2cc(Br)ccc12. The zero-order valence-electron chi connectivity index (χ0n) is 15.4. The van der Waals surface area contributed by atoms with Crippen molar-refractivity contribution in [1.29, 1.82) is 0 Å². The molecule has 1 heterocycles. The lowest BCUT2D eigenvalue weighted by atomic mass is 10.1. The number of hydrogen-bond acceptors (Lipinski definition) is 4. The van der Waals surface area contributed by atoms with Crippen molar-refractivity contribution in [3.8, 4) is 0 Å². The Hall–Kier alpha value is -2.35. The molecule has 0 saturated carbocycles. The second kappa shape index (κ2) is 8.77. The lowest BCUT2D eigenvalue weighted by Gasteiger charge is -2.11. The highest BCUT2D eigenvalue weighted by atomic mass is 79.9. The molecule has 0 radical (unpaired) electrons. The second-order valence-electron chi connectivity index (χ2n) is 6.47. The Bertz CT molecular complexity index is 1020. The van der Waals surface area contributed by atoms with Crippen molar-refractivity contribution in [1.82, 2.24) is 9.88 Å². The van der Waals surface area contributed by atoms with E-state index < -0.39 is 11.9 Å². The number of hydrogen-bond donors (Lipinski definition) is 2. The van der Waals surface area contributed by atoms with Crippen LogP contribution >= 0.6 is 27.5 Å². The number of rotatable bonds is 6. The van der Waals surface area contributed by atoms with Gasteiger partial charge >= 0.3 is 5.97 Å². The van der Waals surface area contributed by atoms with Crippen LogP contribution in [0.5, 0.6) is 0 Å². The molecule has 2 N–H and O–H groups in total. The number of aromatic amines is 1. The predicted molar refractivity (Wildman–Crippen MR) is 114 cm³/mol. The van der Waals surface area contributed by atoms with Crippen LogP contribution in [0.4, 0.5) is 5.69 Å². The van der Waals surface area contributed by atoms with Crippen LogP contribution in [0.1, 0.15) is 20.8 Å². The van der Waals surface area contributed by atoms with Crippen molar-refractivity contribution in [2.75, 3.05) is 32.6 Å². The number of nitrogens with zero attached hydrogens (tertiary/aromatic N) is 1. The van der Waals surface area contributed by atoms with Crippen LogP contribution in [0.2, 0.25) is 5.02 Å². The zero-order valence-corrected chi connectivity index (χ0v) is 17.7. The van der Waals surface area contributed by atoms with Gasteiger partial charge in [0.2, 0.25) is 0 Å². The number of ether oxygens (including phenoxy) is 1. The summed E-state index contributed by atoms with van der Waals surface area (Å²) in [6.45, 7) is 0.819. The minimum Gasteiger partial charge on any atom is -0.461 e. The summed E-state index contributed by atoms with van der Waals surface area (Å²) in [4.78, 5) is 30.5. The van der Waals surface area contributed by atoms with Crippen LogP contribution in [0.3, 0.4) is 0 Å². The first-order valence-electron chi connectivity index (χ1n) is 8.55. The van der Waals surface area contributed by atoms with E-state index in [0.717, 1.165) is 4.47 Å². The van der Waals surface area contributed by atoms with E-state index in [1.165, 1.54) is 0 Å². The van der Waals surface area contributed by atoms with Gasteiger partial charge in [0.25, 0.3) is 5.91 Å². The molecule has 0 bridgehead atoms. The van der Waals surface area contributed by atoms with Crippen molar-refractivity contribution in [3.63, 3.8) is 0 Å². The number of carbonyl (C=O) groups excluding carboxylic acids is 2. The molecular weight excluding hydrogens is 446 g/mol. The number of esters is 1. The molecule has 146 valence electrons. The molecule has 0 fully saturated rings. The van der Waals surface area contributed by atoms with E-state index in [1.54, 1.807) is 30.3 Å². The van der Waals surface area contributed by atoms with Crippen LogP contribution in [-0.4, -0.2) is 49.0 Å². The zero-order chi connectivity index (χ0) is 20.3. The number of carbonyl (C=O) groups is 2. The summed E-state index contributed by atoms with van der Waals surface area (Å²) in [7, 11) is 3.78. The number of H-pyrrole nitrogens is 1. The van der Waals surface area contributed by atoms with E-state index in [1.807, 2.05) is 31.1 Å². The van der Waals surface area contributed by atoms with Gasteiger partial charge in [-0.25, -0.2) is 4.79 Å². The van der Waals surface area contributed by atoms with Gasteiger partial charge in [-0.1, -0.05) is 33.6 Å². The summed E-state index contributed by atoms with van der Waals surface area (Å²) in [5, 5.41) is 3.97. The van der Waals surface area contributed by atoms with Crippen LogP contribution < -0.4 is 5.32 Å². The lowest BCUT2D eigenvalue weighted by molar-refractivity contribution is 0.0481. The van der Waals surface area contributed by atoms with Gasteiger partial charge in [0, 0.05) is 32.6 Å². The van der Waals surface area contributed by atoms with Crippen molar-refractivity contribution in [2.24, 2.45) is 0 Å². The number of aromatic nitrogens is 1. The van der Waals surface area contributed by atoms with E-state index in [9.17, 15) is 9.59 Å². The monoisotopic (exact) mass is 463 g/mol. The summed E-state index contributed by atoms with van der Waals surface area (Å²) in [6.07, 6.45) is 0.